The van der Waals surface area contributed by atoms with E-state index in [0.29, 0.717) is 5.56 Å². The lowest BCUT2D eigenvalue weighted by atomic mass is 10.1. The molecule has 0 aromatic heterocycles. The SMILES string of the molecule is CC[C@@H](C(=O)NC(C)C)N(Cc1ccc(F)cc1)C(=O)CN(c1ccc(Cl)c(Cl)c1)S(=O)(=O)c1ccc(C)cc1. The first-order valence-corrected chi connectivity index (χ1v) is 14.9. The number of rotatable bonds is 11. The van der Waals surface area contributed by atoms with Crippen LogP contribution < -0.4 is 9.62 Å². The Hall–Kier alpha value is -3.14. The standard InChI is InChI=1S/C29H32Cl2FN3O4S/c1-5-27(29(37)33-19(2)3)34(17-21-8-10-22(32)11-9-21)28(36)18-35(23-12-15-25(30)26(31)16-23)40(38,39)24-13-6-20(4)7-14-24/h6-16,19,27H,5,17-18H2,1-4H3,(H,33,37)/t27-/m0/s1. The highest BCUT2D eigenvalue weighted by molar-refractivity contribution is 7.92. The number of hydrogen-bond acceptors (Lipinski definition) is 4. The van der Waals surface area contributed by atoms with Gasteiger partial charge in [0.25, 0.3) is 10.0 Å². The van der Waals surface area contributed by atoms with Crippen molar-refractivity contribution in [2.24, 2.45) is 0 Å². The number of nitrogens with zero attached hydrogens (tertiary/aromatic N) is 2. The minimum atomic E-state index is -4.25. The van der Waals surface area contributed by atoms with E-state index in [0.717, 1.165) is 9.87 Å². The maximum atomic E-state index is 14.0. The van der Waals surface area contributed by atoms with E-state index < -0.39 is 34.3 Å². The molecule has 0 saturated heterocycles. The number of hydrogen-bond donors (Lipinski definition) is 1. The number of aryl methyl sites for hydroxylation is 1. The minimum Gasteiger partial charge on any atom is -0.352 e. The maximum Gasteiger partial charge on any atom is 0.264 e. The van der Waals surface area contributed by atoms with Gasteiger partial charge in [0.15, 0.2) is 0 Å². The number of halogens is 3. The highest BCUT2D eigenvalue weighted by Crippen LogP contribution is 2.31. The Morgan fingerprint density at radius 2 is 1.57 bits per heavy atom. The van der Waals surface area contributed by atoms with Crippen LogP contribution in [0.2, 0.25) is 10.0 Å². The summed E-state index contributed by atoms with van der Waals surface area (Å²) in [4.78, 5) is 28.4. The number of carbonyl (C=O) groups is 2. The summed E-state index contributed by atoms with van der Waals surface area (Å²) in [5, 5.41) is 3.16. The molecule has 1 atom stereocenters. The van der Waals surface area contributed by atoms with Crippen molar-refractivity contribution >= 4 is 50.7 Å². The van der Waals surface area contributed by atoms with Crippen LogP contribution in [0.4, 0.5) is 10.1 Å². The number of anilines is 1. The molecule has 0 bridgehead atoms. The van der Waals surface area contributed by atoms with E-state index in [2.05, 4.69) is 5.32 Å². The third-order valence-corrected chi connectivity index (χ3v) is 8.69. The molecular formula is C29H32Cl2FN3O4S. The Balaban J connectivity index is 2.08. The Bertz CT molecular complexity index is 1450. The fourth-order valence-corrected chi connectivity index (χ4v) is 5.79. The second-order valence-corrected chi connectivity index (χ2v) is 12.3. The molecule has 0 aliphatic carbocycles. The Morgan fingerprint density at radius 3 is 2.12 bits per heavy atom. The van der Waals surface area contributed by atoms with Crippen LogP contribution in [0, 0.1) is 12.7 Å². The molecule has 0 saturated carbocycles. The molecule has 1 N–H and O–H groups in total. The van der Waals surface area contributed by atoms with Crippen LogP contribution in [0.5, 0.6) is 0 Å². The van der Waals surface area contributed by atoms with Crippen molar-refractivity contribution in [2.75, 3.05) is 10.8 Å². The van der Waals surface area contributed by atoms with Gasteiger partial charge in [-0.05, 0) is 75.2 Å². The monoisotopic (exact) mass is 607 g/mol. The van der Waals surface area contributed by atoms with Crippen LogP contribution in [0.3, 0.4) is 0 Å². The Kier molecular flexibility index (Phi) is 10.6. The molecular weight excluding hydrogens is 576 g/mol. The van der Waals surface area contributed by atoms with Crippen LogP contribution in [0.1, 0.15) is 38.3 Å². The number of amides is 2. The van der Waals surface area contributed by atoms with Gasteiger partial charge >= 0.3 is 0 Å². The van der Waals surface area contributed by atoms with Gasteiger partial charge in [0.1, 0.15) is 18.4 Å². The summed E-state index contributed by atoms with van der Waals surface area (Å²) in [5.74, 6) is -1.45. The van der Waals surface area contributed by atoms with E-state index >= 15 is 0 Å². The molecule has 3 rings (SSSR count). The predicted octanol–water partition coefficient (Wildman–Crippen LogP) is 5.97. The molecule has 214 valence electrons. The smallest absolute Gasteiger partial charge is 0.264 e. The molecule has 11 heteroatoms. The van der Waals surface area contributed by atoms with Crippen molar-refractivity contribution in [2.45, 2.75) is 57.6 Å². The Labute approximate surface area is 244 Å². The average Bonchev–Trinajstić information content (AvgIpc) is 2.89. The molecule has 0 fully saturated rings. The average molecular weight is 609 g/mol. The van der Waals surface area contributed by atoms with Crippen molar-refractivity contribution < 1.29 is 22.4 Å². The van der Waals surface area contributed by atoms with Gasteiger partial charge in [0, 0.05) is 12.6 Å². The topological polar surface area (TPSA) is 86.8 Å². The lowest BCUT2D eigenvalue weighted by molar-refractivity contribution is -0.140. The van der Waals surface area contributed by atoms with Crippen molar-refractivity contribution in [1.29, 1.82) is 0 Å². The normalized spacial score (nSPS) is 12.2. The molecule has 0 radical (unpaired) electrons. The van der Waals surface area contributed by atoms with Crippen LogP contribution >= 0.6 is 23.2 Å². The molecule has 40 heavy (non-hydrogen) atoms. The second-order valence-electron chi connectivity index (χ2n) is 9.66. The molecule has 0 aliphatic rings. The third-order valence-electron chi connectivity index (χ3n) is 6.16. The van der Waals surface area contributed by atoms with E-state index in [1.807, 2.05) is 6.92 Å². The molecule has 0 spiro atoms. The highest BCUT2D eigenvalue weighted by atomic mass is 35.5. The van der Waals surface area contributed by atoms with Gasteiger partial charge in [-0.2, -0.15) is 0 Å². The summed E-state index contributed by atoms with van der Waals surface area (Å²) < 4.78 is 42.3. The van der Waals surface area contributed by atoms with Crippen molar-refractivity contribution in [3.05, 3.63) is 93.7 Å². The fourth-order valence-electron chi connectivity index (χ4n) is 4.09. The zero-order chi connectivity index (χ0) is 29.6. The molecule has 0 heterocycles. The van der Waals surface area contributed by atoms with E-state index in [4.69, 9.17) is 23.2 Å². The lowest BCUT2D eigenvalue weighted by Gasteiger charge is -2.33. The van der Waals surface area contributed by atoms with E-state index in [9.17, 15) is 22.4 Å². The molecule has 7 nitrogen and oxygen atoms in total. The van der Waals surface area contributed by atoms with Crippen LogP contribution in [0.15, 0.2) is 71.6 Å². The first-order chi connectivity index (χ1) is 18.8. The summed E-state index contributed by atoms with van der Waals surface area (Å²) in [6, 6.07) is 15.0. The molecule has 0 unspecified atom stereocenters. The fraction of sp³-hybridized carbons (Fsp3) is 0.310. The summed E-state index contributed by atoms with van der Waals surface area (Å²) >= 11 is 12.3. The molecule has 3 aromatic rings. The first-order valence-electron chi connectivity index (χ1n) is 12.7. The second kappa shape index (κ2) is 13.5. The summed E-state index contributed by atoms with van der Waals surface area (Å²) in [5.41, 5.74) is 1.57. The minimum absolute atomic E-state index is 0.0216. The summed E-state index contributed by atoms with van der Waals surface area (Å²) in [6.45, 7) is 6.53. The van der Waals surface area contributed by atoms with Crippen molar-refractivity contribution in [3.63, 3.8) is 0 Å². The lowest BCUT2D eigenvalue weighted by Crippen LogP contribution is -2.53. The van der Waals surface area contributed by atoms with Gasteiger partial charge in [0.2, 0.25) is 11.8 Å². The first kappa shape index (κ1) is 31.4. The number of benzene rings is 3. The van der Waals surface area contributed by atoms with Crippen molar-refractivity contribution in [1.82, 2.24) is 10.2 Å². The zero-order valence-corrected chi connectivity index (χ0v) is 25.0. The van der Waals surface area contributed by atoms with Gasteiger partial charge in [0.05, 0.1) is 20.6 Å². The van der Waals surface area contributed by atoms with E-state index in [-0.39, 0.29) is 45.5 Å². The third kappa shape index (κ3) is 7.74. The van der Waals surface area contributed by atoms with Gasteiger partial charge in [-0.3, -0.25) is 13.9 Å². The number of carbonyl (C=O) groups excluding carboxylic acids is 2. The maximum absolute atomic E-state index is 14.0. The molecule has 3 aromatic carbocycles. The summed E-state index contributed by atoms with van der Waals surface area (Å²) in [7, 11) is -4.25. The Morgan fingerprint density at radius 1 is 0.950 bits per heavy atom. The van der Waals surface area contributed by atoms with E-state index in [1.54, 1.807) is 32.9 Å². The van der Waals surface area contributed by atoms with Gasteiger partial charge in [-0.1, -0.05) is 60.0 Å². The number of nitrogens with one attached hydrogen (secondary N) is 1. The quantitative estimate of drug-likeness (QED) is 0.291. The largest absolute Gasteiger partial charge is 0.352 e. The van der Waals surface area contributed by atoms with Gasteiger partial charge in [-0.25, -0.2) is 12.8 Å². The van der Waals surface area contributed by atoms with Crippen LogP contribution in [0.25, 0.3) is 0 Å². The zero-order valence-electron chi connectivity index (χ0n) is 22.7. The molecule has 2 amide bonds. The predicted molar refractivity (Wildman–Crippen MR) is 156 cm³/mol. The van der Waals surface area contributed by atoms with Gasteiger partial charge < -0.3 is 10.2 Å². The summed E-state index contributed by atoms with van der Waals surface area (Å²) in [6.07, 6.45) is 0.267. The highest BCUT2D eigenvalue weighted by Gasteiger charge is 2.34. The number of sulfonamides is 1. The van der Waals surface area contributed by atoms with Crippen LogP contribution in [-0.4, -0.2) is 43.8 Å². The van der Waals surface area contributed by atoms with Crippen molar-refractivity contribution in [3.8, 4) is 0 Å². The van der Waals surface area contributed by atoms with E-state index in [1.165, 1.54) is 59.5 Å². The van der Waals surface area contributed by atoms with Crippen LogP contribution in [-0.2, 0) is 26.2 Å². The van der Waals surface area contributed by atoms with Gasteiger partial charge in [-0.15, -0.1) is 0 Å². The molecule has 0 aliphatic heterocycles.